The number of morpholine rings is 1. The second-order valence-corrected chi connectivity index (χ2v) is 8.89. The number of amides is 1. The Morgan fingerprint density at radius 3 is 2.57 bits per heavy atom. The number of carbonyl (C=O) groups is 1. The van der Waals surface area contributed by atoms with Crippen LogP contribution in [0.4, 0.5) is 5.69 Å². The van der Waals surface area contributed by atoms with E-state index in [-0.39, 0.29) is 17.8 Å². The van der Waals surface area contributed by atoms with Gasteiger partial charge in [-0.3, -0.25) is 4.79 Å². The number of H-pyrrole nitrogens is 1. The fraction of sp³-hybridized carbons (Fsp3) is 0.308. The maximum Gasteiger partial charge on any atom is 0.289 e. The van der Waals surface area contributed by atoms with Crippen molar-refractivity contribution < 1.29 is 9.53 Å². The smallest absolute Gasteiger partial charge is 0.289 e. The van der Waals surface area contributed by atoms with Gasteiger partial charge in [0.25, 0.3) is 5.91 Å². The summed E-state index contributed by atoms with van der Waals surface area (Å²) < 4.78 is 5.47. The molecule has 1 atom stereocenters. The minimum Gasteiger partial charge on any atom is -0.378 e. The van der Waals surface area contributed by atoms with E-state index in [1.54, 1.807) is 12.4 Å². The lowest BCUT2D eigenvalue weighted by Gasteiger charge is -2.28. The van der Waals surface area contributed by atoms with E-state index in [0.717, 1.165) is 59.7 Å². The van der Waals surface area contributed by atoms with E-state index in [1.807, 2.05) is 61.7 Å². The highest BCUT2D eigenvalue weighted by Gasteiger charge is 2.19. The molecule has 9 nitrogen and oxygen atoms in total. The monoisotopic (exact) mass is 471 g/mol. The van der Waals surface area contributed by atoms with E-state index in [2.05, 4.69) is 36.2 Å². The zero-order valence-electron chi connectivity index (χ0n) is 19.9. The van der Waals surface area contributed by atoms with Crippen molar-refractivity contribution in [3.63, 3.8) is 0 Å². The molecule has 0 aliphatic carbocycles. The predicted molar refractivity (Wildman–Crippen MR) is 135 cm³/mol. The van der Waals surface area contributed by atoms with Crippen LogP contribution in [0.2, 0.25) is 0 Å². The second kappa shape index (κ2) is 10.2. The summed E-state index contributed by atoms with van der Waals surface area (Å²) in [5.41, 5.74) is 4.67. The molecule has 0 saturated carbocycles. The predicted octanol–water partition coefficient (Wildman–Crippen LogP) is 2.89. The highest BCUT2D eigenvalue weighted by atomic mass is 16.5. The summed E-state index contributed by atoms with van der Waals surface area (Å²) in [4.78, 5) is 33.8. The normalized spacial score (nSPS) is 14.9. The highest BCUT2D eigenvalue weighted by Crippen LogP contribution is 2.30. The van der Waals surface area contributed by atoms with Gasteiger partial charge in [0.05, 0.1) is 31.1 Å². The summed E-state index contributed by atoms with van der Waals surface area (Å²) >= 11 is 0. The zero-order chi connectivity index (χ0) is 24.2. The van der Waals surface area contributed by atoms with E-state index < -0.39 is 0 Å². The molecule has 3 aromatic heterocycles. The number of anilines is 1. The number of ether oxygens (including phenoxy) is 1. The van der Waals surface area contributed by atoms with E-state index >= 15 is 0 Å². The molecule has 4 aromatic rings. The van der Waals surface area contributed by atoms with Crippen molar-refractivity contribution in [3.8, 4) is 11.1 Å². The van der Waals surface area contributed by atoms with E-state index in [1.165, 1.54) is 0 Å². The molecular formula is C26H29N7O2. The minimum atomic E-state index is -0.303. The number of pyridine rings is 1. The SMILES string of the molecule is CN(C)C[C@@H](NC(=O)c1ncc(-c2c[nH]c3ncc(N4CCOCC4)cc23)cn1)c1ccccc1. The van der Waals surface area contributed by atoms with Crippen molar-refractivity contribution >= 4 is 22.6 Å². The molecular weight excluding hydrogens is 442 g/mol. The summed E-state index contributed by atoms with van der Waals surface area (Å²) in [6.07, 6.45) is 7.17. The van der Waals surface area contributed by atoms with Crippen molar-refractivity contribution in [2.45, 2.75) is 6.04 Å². The fourth-order valence-electron chi connectivity index (χ4n) is 4.32. The first kappa shape index (κ1) is 22.9. The Labute approximate surface area is 204 Å². The number of hydrogen-bond donors (Lipinski definition) is 2. The van der Waals surface area contributed by atoms with E-state index in [9.17, 15) is 4.79 Å². The fourth-order valence-corrected chi connectivity index (χ4v) is 4.32. The first-order valence-electron chi connectivity index (χ1n) is 11.7. The molecule has 1 aromatic carbocycles. The van der Waals surface area contributed by atoms with Crippen LogP contribution in [0.5, 0.6) is 0 Å². The number of hydrogen-bond acceptors (Lipinski definition) is 7. The van der Waals surface area contributed by atoms with Crippen LogP contribution in [0.3, 0.4) is 0 Å². The van der Waals surface area contributed by atoms with Crippen LogP contribution in [0.25, 0.3) is 22.2 Å². The standard InChI is InChI=1S/C26H29N7O2/c1-32(2)17-23(18-6-4-3-5-7-18)31-26(34)25-27-13-19(14-28-25)22-16-30-24-21(22)12-20(15-29-24)33-8-10-35-11-9-33/h3-7,12-16,23H,8-11,17H2,1-2H3,(H,29,30)(H,31,34)/t23-/m1/s1. The van der Waals surface area contributed by atoms with Gasteiger partial charge >= 0.3 is 0 Å². The van der Waals surface area contributed by atoms with Gasteiger partial charge in [0.1, 0.15) is 5.65 Å². The average Bonchev–Trinajstić information content (AvgIpc) is 3.32. The van der Waals surface area contributed by atoms with Crippen LogP contribution in [-0.2, 0) is 4.74 Å². The summed E-state index contributed by atoms with van der Waals surface area (Å²) in [7, 11) is 3.96. The number of nitrogens with one attached hydrogen (secondary N) is 2. The third kappa shape index (κ3) is 5.16. The molecule has 1 aliphatic heterocycles. The van der Waals surface area contributed by atoms with Crippen LogP contribution < -0.4 is 10.2 Å². The number of fused-ring (bicyclic) bond motifs is 1. The summed E-state index contributed by atoms with van der Waals surface area (Å²) in [6.45, 7) is 3.79. The maximum atomic E-state index is 13.0. The molecule has 1 fully saturated rings. The third-order valence-corrected chi connectivity index (χ3v) is 6.11. The van der Waals surface area contributed by atoms with Crippen LogP contribution in [0.15, 0.2) is 61.2 Å². The molecule has 4 heterocycles. The van der Waals surface area contributed by atoms with Gasteiger partial charge in [-0.2, -0.15) is 0 Å². The Balaban J connectivity index is 1.36. The Bertz CT molecular complexity index is 1280. The number of benzene rings is 1. The molecule has 1 aliphatic rings. The van der Waals surface area contributed by atoms with Crippen LogP contribution in [0.1, 0.15) is 22.2 Å². The molecule has 1 saturated heterocycles. The molecule has 5 rings (SSSR count). The van der Waals surface area contributed by atoms with E-state index in [0.29, 0.717) is 6.54 Å². The number of likely N-dealkylation sites (N-methyl/N-ethyl adjacent to an activating group) is 1. The maximum absolute atomic E-state index is 13.0. The number of rotatable bonds is 7. The van der Waals surface area contributed by atoms with Crippen LogP contribution in [0, 0.1) is 0 Å². The van der Waals surface area contributed by atoms with Crippen molar-refractivity contribution in [2.24, 2.45) is 0 Å². The lowest BCUT2D eigenvalue weighted by molar-refractivity contribution is 0.0919. The van der Waals surface area contributed by atoms with Gasteiger partial charge in [0.15, 0.2) is 0 Å². The number of nitrogens with zero attached hydrogens (tertiary/aromatic N) is 5. The molecule has 9 heteroatoms. The quantitative estimate of drug-likeness (QED) is 0.428. The molecule has 0 radical (unpaired) electrons. The third-order valence-electron chi connectivity index (χ3n) is 6.11. The van der Waals surface area contributed by atoms with Gasteiger partial charge in [-0.15, -0.1) is 0 Å². The van der Waals surface area contributed by atoms with Gasteiger partial charge < -0.3 is 24.8 Å². The van der Waals surface area contributed by atoms with Gasteiger partial charge in [-0.25, -0.2) is 15.0 Å². The molecule has 0 unspecified atom stereocenters. The Morgan fingerprint density at radius 2 is 1.86 bits per heavy atom. The lowest BCUT2D eigenvalue weighted by atomic mass is 10.1. The van der Waals surface area contributed by atoms with Crippen LogP contribution >= 0.6 is 0 Å². The zero-order valence-corrected chi connectivity index (χ0v) is 19.9. The highest BCUT2D eigenvalue weighted by molar-refractivity contribution is 5.95. The average molecular weight is 472 g/mol. The Morgan fingerprint density at radius 1 is 1.11 bits per heavy atom. The van der Waals surface area contributed by atoms with Crippen LogP contribution in [-0.4, -0.2) is 77.7 Å². The van der Waals surface area contributed by atoms with Gasteiger partial charge in [-0.05, 0) is 25.7 Å². The van der Waals surface area contributed by atoms with Crippen molar-refractivity contribution in [3.05, 3.63) is 72.6 Å². The number of aromatic nitrogens is 4. The van der Waals surface area contributed by atoms with E-state index in [4.69, 9.17) is 4.74 Å². The molecule has 180 valence electrons. The largest absolute Gasteiger partial charge is 0.378 e. The Hall–Kier alpha value is -3.82. The molecule has 1 amide bonds. The molecule has 0 spiro atoms. The minimum absolute atomic E-state index is 0.139. The number of aromatic amines is 1. The lowest BCUT2D eigenvalue weighted by Crippen LogP contribution is -2.36. The van der Waals surface area contributed by atoms with Crippen molar-refractivity contribution in [1.29, 1.82) is 0 Å². The summed E-state index contributed by atoms with van der Waals surface area (Å²) in [5, 5.41) is 4.06. The van der Waals surface area contributed by atoms with Gasteiger partial charge in [0.2, 0.25) is 5.82 Å². The van der Waals surface area contributed by atoms with Crippen molar-refractivity contribution in [2.75, 3.05) is 51.8 Å². The summed E-state index contributed by atoms with van der Waals surface area (Å²) in [5.74, 6) is -0.164. The molecule has 2 N–H and O–H groups in total. The molecule has 35 heavy (non-hydrogen) atoms. The second-order valence-electron chi connectivity index (χ2n) is 8.89. The number of carbonyl (C=O) groups excluding carboxylic acids is 1. The Kier molecular flexibility index (Phi) is 6.69. The van der Waals surface area contributed by atoms with Crippen molar-refractivity contribution in [1.82, 2.24) is 30.2 Å². The van der Waals surface area contributed by atoms with Gasteiger partial charge in [0, 0.05) is 54.7 Å². The summed E-state index contributed by atoms with van der Waals surface area (Å²) in [6, 6.07) is 11.9. The van der Waals surface area contributed by atoms with Gasteiger partial charge in [-0.1, -0.05) is 30.3 Å². The first-order valence-corrected chi connectivity index (χ1v) is 11.7. The first-order chi connectivity index (χ1) is 17.1. The topological polar surface area (TPSA) is 99.3 Å². The molecule has 0 bridgehead atoms.